The summed E-state index contributed by atoms with van der Waals surface area (Å²) in [6, 6.07) is 16.1. The molecule has 2 aromatic carbocycles. The monoisotopic (exact) mass is 417 g/mol. The zero-order valence-corrected chi connectivity index (χ0v) is 16.9. The highest BCUT2D eigenvalue weighted by atomic mass is 16.5. The smallest absolute Gasteiger partial charge is 0.270 e. The van der Waals surface area contributed by atoms with Crippen LogP contribution < -0.4 is 10.1 Å². The highest BCUT2D eigenvalue weighted by Gasteiger charge is 2.37. The van der Waals surface area contributed by atoms with Crippen molar-refractivity contribution >= 4 is 11.8 Å². The van der Waals surface area contributed by atoms with Gasteiger partial charge in [-0.15, -0.1) is 0 Å². The van der Waals surface area contributed by atoms with Gasteiger partial charge in [-0.05, 0) is 53.9 Å². The van der Waals surface area contributed by atoms with Crippen LogP contribution in [-0.2, 0) is 11.2 Å². The van der Waals surface area contributed by atoms with Crippen molar-refractivity contribution < 1.29 is 19.4 Å². The van der Waals surface area contributed by atoms with Crippen LogP contribution in [0.15, 0.2) is 60.8 Å². The third-order valence-electron chi connectivity index (χ3n) is 5.96. The van der Waals surface area contributed by atoms with Crippen LogP contribution in [0.25, 0.3) is 0 Å². The van der Waals surface area contributed by atoms with Gasteiger partial charge in [0.2, 0.25) is 5.91 Å². The van der Waals surface area contributed by atoms with Gasteiger partial charge in [0, 0.05) is 31.6 Å². The summed E-state index contributed by atoms with van der Waals surface area (Å²) in [6.45, 7) is 0.930. The number of aromatic nitrogens is 1. The van der Waals surface area contributed by atoms with Gasteiger partial charge in [-0.1, -0.05) is 18.2 Å². The Balaban J connectivity index is 1.49. The largest absolute Gasteiger partial charge is 0.504 e. The van der Waals surface area contributed by atoms with Crippen molar-refractivity contribution in [2.75, 3.05) is 13.1 Å². The fourth-order valence-electron chi connectivity index (χ4n) is 4.36. The van der Waals surface area contributed by atoms with Crippen molar-refractivity contribution in [2.24, 2.45) is 0 Å². The van der Waals surface area contributed by atoms with E-state index in [1.54, 1.807) is 41.4 Å². The summed E-state index contributed by atoms with van der Waals surface area (Å²) in [5.41, 5.74) is 2.41. The number of nitrogens with one attached hydrogen (secondary N) is 2. The number of aromatic amines is 1. The van der Waals surface area contributed by atoms with Gasteiger partial charge in [0.1, 0.15) is 11.4 Å². The van der Waals surface area contributed by atoms with E-state index in [9.17, 15) is 14.7 Å². The van der Waals surface area contributed by atoms with Gasteiger partial charge in [-0.3, -0.25) is 9.59 Å². The molecule has 31 heavy (non-hydrogen) atoms. The van der Waals surface area contributed by atoms with Gasteiger partial charge < -0.3 is 25.0 Å². The minimum Gasteiger partial charge on any atom is -0.504 e. The Morgan fingerprint density at radius 2 is 1.97 bits per heavy atom. The molecule has 3 N–H and O–H groups in total. The molecule has 158 valence electrons. The third-order valence-corrected chi connectivity index (χ3v) is 5.96. The van der Waals surface area contributed by atoms with E-state index in [4.69, 9.17) is 4.74 Å². The molecule has 7 nitrogen and oxygen atoms in total. The van der Waals surface area contributed by atoms with E-state index in [2.05, 4.69) is 10.3 Å². The summed E-state index contributed by atoms with van der Waals surface area (Å²) in [5, 5.41) is 13.3. The summed E-state index contributed by atoms with van der Waals surface area (Å²) in [4.78, 5) is 30.4. The molecule has 2 aliphatic heterocycles. The van der Waals surface area contributed by atoms with E-state index < -0.39 is 0 Å². The van der Waals surface area contributed by atoms with Gasteiger partial charge in [0.15, 0.2) is 11.5 Å². The Morgan fingerprint density at radius 3 is 2.81 bits per heavy atom. The van der Waals surface area contributed by atoms with Crippen LogP contribution in [0.5, 0.6) is 17.2 Å². The molecule has 7 heteroatoms. The van der Waals surface area contributed by atoms with Gasteiger partial charge in [0.05, 0.1) is 6.04 Å². The van der Waals surface area contributed by atoms with Crippen LogP contribution in [-0.4, -0.2) is 45.9 Å². The molecule has 2 aliphatic rings. The van der Waals surface area contributed by atoms with E-state index in [0.717, 1.165) is 11.1 Å². The fourth-order valence-corrected chi connectivity index (χ4v) is 4.36. The Bertz CT molecular complexity index is 1130. The van der Waals surface area contributed by atoms with E-state index in [1.165, 1.54) is 0 Å². The molecule has 5 rings (SSSR count). The van der Waals surface area contributed by atoms with Crippen molar-refractivity contribution in [1.82, 2.24) is 15.2 Å². The first-order valence-electron chi connectivity index (χ1n) is 10.4. The molecule has 1 aromatic heterocycles. The van der Waals surface area contributed by atoms with E-state index in [-0.39, 0.29) is 29.5 Å². The number of nitrogens with zero attached hydrogens (tertiary/aromatic N) is 1. The standard InChI is InChI=1S/C24H23N3O4/c28-21-8-6-15-7-9-23(29)26-20-14-27(24(30)19-5-2-10-25-19)13-18(20)16-3-1-4-17(12-16)31-22(21)11-15/h1-6,8,10-12,18,20,25,28H,7,9,13-14H2,(H,26,29)/t18-,20+/m0/s1. The molecule has 3 heterocycles. The lowest BCUT2D eigenvalue weighted by Crippen LogP contribution is -2.40. The molecule has 1 fully saturated rings. The zero-order chi connectivity index (χ0) is 21.4. The van der Waals surface area contributed by atoms with E-state index in [0.29, 0.717) is 43.1 Å². The maximum atomic E-state index is 12.9. The number of likely N-dealkylation sites (tertiary alicyclic amines) is 1. The number of ether oxygens (including phenoxy) is 1. The first-order valence-corrected chi connectivity index (χ1v) is 10.4. The number of carbonyl (C=O) groups excluding carboxylic acids is 2. The summed E-state index contributed by atoms with van der Waals surface area (Å²) in [6.07, 6.45) is 2.57. The van der Waals surface area contributed by atoms with Crippen LogP contribution in [0, 0.1) is 0 Å². The minimum absolute atomic E-state index is 0.0509. The summed E-state index contributed by atoms with van der Waals surface area (Å²) in [7, 11) is 0. The Morgan fingerprint density at radius 1 is 1.06 bits per heavy atom. The van der Waals surface area contributed by atoms with Crippen LogP contribution in [0.1, 0.15) is 34.0 Å². The number of carbonyl (C=O) groups is 2. The average molecular weight is 417 g/mol. The van der Waals surface area contributed by atoms with Crippen LogP contribution in [0.4, 0.5) is 0 Å². The maximum Gasteiger partial charge on any atom is 0.270 e. The Hall–Kier alpha value is -3.74. The number of phenolic OH excluding ortho intramolecular Hbond substituents is 1. The number of rotatable bonds is 1. The number of hydrogen-bond donors (Lipinski definition) is 3. The SMILES string of the molecule is O=C1CCc2ccc(O)c(c2)Oc2cccc(c2)[C@@H]2CN(C(=O)c3ccc[nH]3)C[C@H]2N1. The van der Waals surface area contributed by atoms with Gasteiger partial charge in [-0.25, -0.2) is 0 Å². The second kappa shape index (κ2) is 7.83. The van der Waals surface area contributed by atoms with Gasteiger partial charge in [-0.2, -0.15) is 0 Å². The quantitative estimate of drug-likeness (QED) is 0.567. The summed E-state index contributed by atoms with van der Waals surface area (Å²) < 4.78 is 5.97. The number of aromatic hydroxyl groups is 1. The highest BCUT2D eigenvalue weighted by molar-refractivity contribution is 5.92. The number of amides is 2. The van der Waals surface area contributed by atoms with E-state index >= 15 is 0 Å². The summed E-state index contributed by atoms with van der Waals surface area (Å²) >= 11 is 0. The number of phenols is 1. The predicted molar refractivity (Wildman–Crippen MR) is 114 cm³/mol. The van der Waals surface area contributed by atoms with Crippen LogP contribution in [0.3, 0.4) is 0 Å². The predicted octanol–water partition coefficient (Wildman–Crippen LogP) is 3.18. The summed E-state index contributed by atoms with van der Waals surface area (Å²) in [5.74, 6) is 0.804. The van der Waals surface area contributed by atoms with Crippen molar-refractivity contribution in [3.05, 3.63) is 77.6 Å². The van der Waals surface area contributed by atoms with E-state index in [1.807, 2.05) is 24.3 Å². The Labute approximate surface area is 179 Å². The van der Waals surface area contributed by atoms with Crippen molar-refractivity contribution in [3.8, 4) is 17.2 Å². The fraction of sp³-hybridized carbons (Fsp3) is 0.250. The topological polar surface area (TPSA) is 94.7 Å². The normalized spacial score (nSPS) is 20.5. The Kier molecular flexibility index (Phi) is 4.86. The van der Waals surface area contributed by atoms with Crippen LogP contribution >= 0.6 is 0 Å². The minimum atomic E-state index is -0.195. The number of benzene rings is 2. The lowest BCUT2D eigenvalue weighted by molar-refractivity contribution is -0.121. The zero-order valence-electron chi connectivity index (χ0n) is 16.9. The number of fused-ring (bicyclic) bond motifs is 6. The molecular weight excluding hydrogens is 394 g/mol. The average Bonchev–Trinajstić information content (AvgIpc) is 3.44. The maximum absolute atomic E-state index is 12.9. The van der Waals surface area contributed by atoms with Gasteiger partial charge in [0.25, 0.3) is 5.91 Å². The number of hydrogen-bond acceptors (Lipinski definition) is 4. The first kappa shape index (κ1) is 19.2. The second-order valence-corrected chi connectivity index (χ2v) is 8.05. The molecular formula is C24H23N3O4. The van der Waals surface area contributed by atoms with Crippen LogP contribution in [0.2, 0.25) is 0 Å². The second-order valence-electron chi connectivity index (χ2n) is 8.05. The molecule has 4 bridgehead atoms. The molecule has 3 aromatic rings. The number of aryl methyl sites for hydroxylation is 1. The molecule has 0 radical (unpaired) electrons. The molecule has 1 saturated heterocycles. The molecule has 0 saturated carbocycles. The molecule has 2 atom stereocenters. The first-order chi connectivity index (χ1) is 15.1. The molecule has 0 spiro atoms. The molecule has 0 aliphatic carbocycles. The van der Waals surface area contributed by atoms with Crippen molar-refractivity contribution in [2.45, 2.75) is 24.8 Å². The van der Waals surface area contributed by atoms with Crippen molar-refractivity contribution in [3.63, 3.8) is 0 Å². The molecule has 2 amide bonds. The van der Waals surface area contributed by atoms with Crippen molar-refractivity contribution in [1.29, 1.82) is 0 Å². The number of H-pyrrole nitrogens is 1. The molecule has 0 unspecified atom stereocenters. The highest BCUT2D eigenvalue weighted by Crippen LogP contribution is 2.35. The van der Waals surface area contributed by atoms with Gasteiger partial charge >= 0.3 is 0 Å². The lowest BCUT2D eigenvalue weighted by atomic mass is 9.94. The third kappa shape index (κ3) is 3.86. The lowest BCUT2D eigenvalue weighted by Gasteiger charge is -2.20.